The average Bonchev–Trinajstić information content (AvgIpc) is 2.82. The van der Waals surface area contributed by atoms with E-state index in [1.165, 1.54) is 12.8 Å². The predicted molar refractivity (Wildman–Crippen MR) is 50.5 cm³/mol. The summed E-state index contributed by atoms with van der Waals surface area (Å²) in [6.45, 7) is 0.788. The van der Waals surface area contributed by atoms with E-state index < -0.39 is 0 Å². The van der Waals surface area contributed by atoms with Crippen LogP contribution < -0.4 is 4.90 Å². The quantitative estimate of drug-likeness (QED) is 0.727. The zero-order chi connectivity index (χ0) is 9.10. The third-order valence-corrected chi connectivity index (χ3v) is 2.77. The fourth-order valence-corrected chi connectivity index (χ4v) is 1.94. The Labute approximate surface area is 80.8 Å². The normalized spacial score (nSPS) is 15.3. The summed E-state index contributed by atoms with van der Waals surface area (Å²) in [6.07, 6.45) is 3.02. The lowest BCUT2D eigenvalue weighted by Crippen LogP contribution is -2.26. The fraction of sp³-hybridized carbons (Fsp3) is 0.625. The zero-order valence-corrected chi connectivity index (χ0v) is 8.00. The summed E-state index contributed by atoms with van der Waals surface area (Å²) in [5.41, 5.74) is 1.73. The van der Waals surface area contributed by atoms with Crippen molar-refractivity contribution >= 4 is 16.5 Å². The third-order valence-electron chi connectivity index (χ3n) is 2.05. The molecular weight excluding hydrogens is 184 g/mol. The van der Waals surface area contributed by atoms with E-state index in [-0.39, 0.29) is 0 Å². The predicted octanol–water partition coefficient (Wildman–Crippen LogP) is 1.42. The van der Waals surface area contributed by atoms with Gasteiger partial charge in [-0.1, -0.05) is 11.3 Å². The van der Waals surface area contributed by atoms with Gasteiger partial charge in [-0.15, -0.1) is 10.2 Å². The molecule has 0 bridgehead atoms. The topological polar surface area (TPSA) is 52.8 Å². The smallest absolute Gasteiger partial charge is 0.208 e. The second-order valence-corrected chi connectivity index (χ2v) is 3.87. The maximum absolute atomic E-state index is 8.51. The lowest BCUT2D eigenvalue weighted by molar-refractivity contribution is 0.780. The van der Waals surface area contributed by atoms with Gasteiger partial charge in [0.2, 0.25) is 5.13 Å². The average molecular weight is 194 g/mol. The summed E-state index contributed by atoms with van der Waals surface area (Å²) in [6, 6.07) is 2.77. The van der Waals surface area contributed by atoms with Gasteiger partial charge < -0.3 is 4.90 Å². The Morgan fingerprint density at radius 1 is 1.69 bits per heavy atom. The van der Waals surface area contributed by atoms with E-state index in [1.54, 1.807) is 16.8 Å². The van der Waals surface area contributed by atoms with Gasteiger partial charge >= 0.3 is 0 Å². The van der Waals surface area contributed by atoms with E-state index in [4.69, 9.17) is 5.26 Å². The van der Waals surface area contributed by atoms with Crippen molar-refractivity contribution in [2.75, 3.05) is 11.4 Å². The Hall–Kier alpha value is -1.15. The number of nitriles is 1. The third kappa shape index (κ3) is 1.95. The van der Waals surface area contributed by atoms with E-state index in [1.807, 2.05) is 0 Å². The van der Waals surface area contributed by atoms with Gasteiger partial charge in [-0.05, 0) is 12.8 Å². The molecule has 0 radical (unpaired) electrons. The lowest BCUT2D eigenvalue weighted by Gasteiger charge is -2.18. The maximum atomic E-state index is 8.51. The van der Waals surface area contributed by atoms with Gasteiger partial charge in [0.05, 0.1) is 12.5 Å². The Morgan fingerprint density at radius 3 is 3.08 bits per heavy atom. The standard InChI is InChI=1S/C8H10N4S/c9-4-1-5-12(7-2-3-7)8-11-10-6-13-8/h6-7H,1-3,5H2. The minimum Gasteiger partial charge on any atom is -0.343 e. The van der Waals surface area contributed by atoms with E-state index in [9.17, 15) is 0 Å². The van der Waals surface area contributed by atoms with Crippen molar-refractivity contribution in [2.45, 2.75) is 25.3 Å². The summed E-state index contributed by atoms with van der Waals surface area (Å²) in [7, 11) is 0. The van der Waals surface area contributed by atoms with E-state index in [2.05, 4.69) is 21.2 Å². The summed E-state index contributed by atoms with van der Waals surface area (Å²) < 4.78 is 0. The van der Waals surface area contributed by atoms with Gasteiger partial charge in [-0.3, -0.25) is 0 Å². The van der Waals surface area contributed by atoms with Crippen LogP contribution in [0.25, 0.3) is 0 Å². The molecule has 0 atom stereocenters. The molecule has 1 saturated carbocycles. The molecule has 0 saturated heterocycles. The van der Waals surface area contributed by atoms with Crippen molar-refractivity contribution in [3.8, 4) is 6.07 Å². The molecule has 5 heteroatoms. The van der Waals surface area contributed by atoms with Crippen molar-refractivity contribution in [3.63, 3.8) is 0 Å². The number of aromatic nitrogens is 2. The van der Waals surface area contributed by atoms with Crippen LogP contribution >= 0.6 is 11.3 Å². The molecule has 0 aliphatic heterocycles. The highest BCUT2D eigenvalue weighted by molar-refractivity contribution is 7.13. The molecule has 1 aromatic heterocycles. The Morgan fingerprint density at radius 2 is 2.54 bits per heavy atom. The van der Waals surface area contributed by atoms with Crippen LogP contribution in [0.4, 0.5) is 5.13 Å². The molecule has 2 rings (SSSR count). The van der Waals surface area contributed by atoms with Gasteiger partial charge in [0.25, 0.3) is 0 Å². The number of rotatable bonds is 4. The lowest BCUT2D eigenvalue weighted by atomic mass is 10.4. The van der Waals surface area contributed by atoms with Crippen molar-refractivity contribution in [3.05, 3.63) is 5.51 Å². The van der Waals surface area contributed by atoms with Crippen LogP contribution in [0.3, 0.4) is 0 Å². The van der Waals surface area contributed by atoms with Crippen LogP contribution in [0.15, 0.2) is 5.51 Å². The Kier molecular flexibility index (Phi) is 2.41. The van der Waals surface area contributed by atoms with Crippen molar-refractivity contribution < 1.29 is 0 Å². The Bertz CT molecular complexity index is 298. The van der Waals surface area contributed by atoms with Crippen molar-refractivity contribution in [1.82, 2.24) is 10.2 Å². The zero-order valence-electron chi connectivity index (χ0n) is 7.18. The van der Waals surface area contributed by atoms with Crippen LogP contribution in [0, 0.1) is 11.3 Å². The number of hydrogen-bond acceptors (Lipinski definition) is 5. The number of hydrogen-bond donors (Lipinski definition) is 0. The summed E-state index contributed by atoms with van der Waals surface area (Å²) >= 11 is 1.54. The SMILES string of the molecule is N#CCCN(c1nncs1)C1CC1. The molecule has 68 valence electrons. The molecule has 1 aliphatic carbocycles. The molecule has 0 unspecified atom stereocenters. The van der Waals surface area contributed by atoms with Gasteiger partial charge in [0.15, 0.2) is 0 Å². The molecule has 0 amide bonds. The minimum atomic E-state index is 0.566. The van der Waals surface area contributed by atoms with E-state index in [0.29, 0.717) is 12.5 Å². The van der Waals surface area contributed by atoms with E-state index >= 15 is 0 Å². The summed E-state index contributed by atoms with van der Waals surface area (Å²) in [5.74, 6) is 0. The van der Waals surface area contributed by atoms with Crippen LogP contribution in [0.5, 0.6) is 0 Å². The van der Waals surface area contributed by atoms with Crippen LogP contribution in [0.1, 0.15) is 19.3 Å². The van der Waals surface area contributed by atoms with Crippen molar-refractivity contribution in [1.29, 1.82) is 5.26 Å². The molecule has 4 nitrogen and oxygen atoms in total. The molecule has 13 heavy (non-hydrogen) atoms. The van der Waals surface area contributed by atoms with Crippen LogP contribution in [0.2, 0.25) is 0 Å². The van der Waals surface area contributed by atoms with Gasteiger partial charge in [0, 0.05) is 12.6 Å². The van der Waals surface area contributed by atoms with Crippen molar-refractivity contribution in [2.24, 2.45) is 0 Å². The molecule has 1 heterocycles. The van der Waals surface area contributed by atoms with Gasteiger partial charge in [-0.25, -0.2) is 0 Å². The van der Waals surface area contributed by atoms with Gasteiger partial charge in [-0.2, -0.15) is 5.26 Å². The number of nitrogens with zero attached hydrogens (tertiary/aromatic N) is 4. The second kappa shape index (κ2) is 3.71. The van der Waals surface area contributed by atoms with E-state index in [0.717, 1.165) is 11.7 Å². The monoisotopic (exact) mass is 194 g/mol. The first-order chi connectivity index (χ1) is 6.42. The second-order valence-electron chi connectivity index (χ2n) is 3.05. The first kappa shape index (κ1) is 8.45. The molecule has 1 aromatic rings. The molecular formula is C8H10N4S. The fourth-order valence-electron chi connectivity index (χ4n) is 1.28. The molecule has 0 aromatic carbocycles. The largest absolute Gasteiger partial charge is 0.343 e. The van der Waals surface area contributed by atoms with Gasteiger partial charge in [0.1, 0.15) is 5.51 Å². The molecule has 1 aliphatic rings. The van der Waals surface area contributed by atoms with Crippen LogP contribution in [-0.2, 0) is 0 Å². The summed E-state index contributed by atoms with van der Waals surface area (Å²) in [5, 5.41) is 17.3. The maximum Gasteiger partial charge on any atom is 0.208 e. The highest BCUT2D eigenvalue weighted by atomic mass is 32.1. The first-order valence-electron chi connectivity index (χ1n) is 4.31. The van der Waals surface area contributed by atoms with Crippen LogP contribution in [-0.4, -0.2) is 22.8 Å². The molecule has 0 N–H and O–H groups in total. The first-order valence-corrected chi connectivity index (χ1v) is 5.19. The number of anilines is 1. The molecule has 1 fully saturated rings. The minimum absolute atomic E-state index is 0.566. The summed E-state index contributed by atoms with van der Waals surface area (Å²) in [4.78, 5) is 2.20. The highest BCUT2D eigenvalue weighted by Gasteiger charge is 2.30. The Balaban J connectivity index is 2.02. The highest BCUT2D eigenvalue weighted by Crippen LogP contribution is 2.32. The molecule has 0 spiro atoms.